The molecule has 3 heterocycles. The number of piperazine rings is 1. The summed E-state index contributed by atoms with van der Waals surface area (Å²) in [6.07, 6.45) is 2.64. The first-order chi connectivity index (χ1) is 14.2. The van der Waals surface area contributed by atoms with Gasteiger partial charge in [-0.05, 0) is 57.8 Å². The highest BCUT2D eigenvalue weighted by Gasteiger charge is 2.24. The first-order valence-corrected chi connectivity index (χ1v) is 12.3. The summed E-state index contributed by atoms with van der Waals surface area (Å²) in [5.41, 5.74) is 0. The average Bonchev–Trinajstić information content (AvgIpc) is 3.47. The van der Waals surface area contributed by atoms with Crippen LogP contribution in [0.5, 0.6) is 0 Å². The number of likely N-dealkylation sites (tertiary alicyclic amines) is 1. The Bertz CT molecular complexity index is 590. The second-order valence-electron chi connectivity index (χ2n) is 8.19. The van der Waals surface area contributed by atoms with Gasteiger partial charge in [-0.1, -0.05) is 13.0 Å². The van der Waals surface area contributed by atoms with E-state index < -0.39 is 0 Å². The zero-order chi connectivity index (χ0) is 20.5. The second kappa shape index (κ2) is 11.9. The Hall–Kier alpha value is -1.15. The number of hydrogen-bond donors (Lipinski definition) is 2. The van der Waals surface area contributed by atoms with Crippen molar-refractivity contribution in [2.75, 3.05) is 65.4 Å². The summed E-state index contributed by atoms with van der Waals surface area (Å²) < 4.78 is 0. The molecule has 0 amide bonds. The number of thiophene rings is 1. The molecule has 0 saturated carbocycles. The Morgan fingerprint density at radius 3 is 2.45 bits per heavy atom. The number of nitrogens with zero attached hydrogens (tertiary/aromatic N) is 4. The minimum Gasteiger partial charge on any atom is -0.357 e. The predicted molar refractivity (Wildman–Crippen MR) is 125 cm³/mol. The van der Waals surface area contributed by atoms with Crippen molar-refractivity contribution in [2.45, 2.75) is 45.7 Å². The molecule has 2 aliphatic rings. The van der Waals surface area contributed by atoms with Gasteiger partial charge >= 0.3 is 0 Å². The van der Waals surface area contributed by atoms with Crippen LogP contribution in [0, 0.1) is 0 Å². The van der Waals surface area contributed by atoms with E-state index in [1.807, 2.05) is 11.3 Å². The van der Waals surface area contributed by atoms with Crippen LogP contribution in [0.25, 0.3) is 0 Å². The minimum absolute atomic E-state index is 0.445. The standard InChI is InChI=1S/C22H40N6S/c1-4-23-22(24-17-19(3)27-14-12-26(5-2)13-15-27)25-18-20(21-9-8-16-29-21)28-10-6-7-11-28/h8-9,16,19-20H,4-7,10-15,17-18H2,1-3H3,(H2,23,24,25). The predicted octanol–water partition coefficient (Wildman–Crippen LogP) is 2.47. The van der Waals surface area contributed by atoms with Crippen LogP contribution in [-0.2, 0) is 0 Å². The molecular formula is C22H40N6S. The molecule has 2 N–H and O–H groups in total. The van der Waals surface area contributed by atoms with E-state index in [4.69, 9.17) is 4.99 Å². The van der Waals surface area contributed by atoms with E-state index in [9.17, 15) is 0 Å². The van der Waals surface area contributed by atoms with Gasteiger partial charge in [0.2, 0.25) is 0 Å². The first-order valence-electron chi connectivity index (χ1n) is 11.5. The van der Waals surface area contributed by atoms with Gasteiger partial charge in [0.05, 0.1) is 12.6 Å². The van der Waals surface area contributed by atoms with Gasteiger partial charge in [0, 0.05) is 50.2 Å². The van der Waals surface area contributed by atoms with Crippen LogP contribution in [-0.4, -0.2) is 92.1 Å². The van der Waals surface area contributed by atoms with E-state index in [1.165, 1.54) is 43.9 Å². The summed E-state index contributed by atoms with van der Waals surface area (Å²) in [4.78, 5) is 14.1. The Morgan fingerprint density at radius 1 is 1.07 bits per heavy atom. The van der Waals surface area contributed by atoms with Gasteiger partial charge in [0.1, 0.15) is 0 Å². The van der Waals surface area contributed by atoms with Crippen LogP contribution in [0.1, 0.15) is 44.5 Å². The fourth-order valence-electron chi connectivity index (χ4n) is 4.34. The van der Waals surface area contributed by atoms with Crippen LogP contribution >= 0.6 is 11.3 Å². The smallest absolute Gasteiger partial charge is 0.191 e. The third kappa shape index (κ3) is 6.67. The van der Waals surface area contributed by atoms with Gasteiger partial charge in [0.25, 0.3) is 0 Å². The molecule has 0 aliphatic carbocycles. The number of hydrogen-bond acceptors (Lipinski definition) is 5. The second-order valence-corrected chi connectivity index (χ2v) is 9.17. The lowest BCUT2D eigenvalue weighted by Crippen LogP contribution is -2.50. The molecule has 6 nitrogen and oxygen atoms in total. The van der Waals surface area contributed by atoms with Crippen LogP contribution in [0.4, 0.5) is 0 Å². The number of rotatable bonds is 9. The molecule has 7 heteroatoms. The van der Waals surface area contributed by atoms with Gasteiger partial charge < -0.3 is 15.5 Å². The van der Waals surface area contributed by atoms with E-state index in [0.717, 1.165) is 45.2 Å². The Kier molecular flexibility index (Phi) is 9.24. The Labute approximate surface area is 181 Å². The molecule has 3 rings (SSSR count). The Morgan fingerprint density at radius 2 is 1.83 bits per heavy atom. The Balaban J connectivity index is 1.54. The average molecular weight is 421 g/mol. The van der Waals surface area contributed by atoms with E-state index in [2.05, 4.69) is 63.6 Å². The molecule has 0 spiro atoms. The SMILES string of the molecule is CCNC(=NCC(C)N1CCN(CC)CC1)NCC(c1cccs1)N1CCCC1. The summed E-state index contributed by atoms with van der Waals surface area (Å²) in [6.45, 7) is 17.6. The maximum atomic E-state index is 4.93. The van der Waals surface area contributed by atoms with Crippen molar-refractivity contribution in [3.8, 4) is 0 Å². The van der Waals surface area contributed by atoms with Crippen molar-refractivity contribution < 1.29 is 0 Å². The van der Waals surface area contributed by atoms with E-state index in [-0.39, 0.29) is 0 Å². The fraction of sp³-hybridized carbons (Fsp3) is 0.773. The third-order valence-electron chi connectivity index (χ3n) is 6.25. The van der Waals surface area contributed by atoms with Gasteiger partial charge in [-0.2, -0.15) is 0 Å². The topological polar surface area (TPSA) is 46.1 Å². The molecule has 164 valence electrons. The van der Waals surface area contributed by atoms with Crippen LogP contribution in [0.2, 0.25) is 0 Å². The highest BCUT2D eigenvalue weighted by atomic mass is 32.1. The molecule has 2 aliphatic heterocycles. The van der Waals surface area contributed by atoms with Crippen LogP contribution < -0.4 is 10.6 Å². The van der Waals surface area contributed by atoms with Crippen molar-refractivity contribution in [3.05, 3.63) is 22.4 Å². The van der Waals surface area contributed by atoms with Gasteiger partial charge in [-0.15, -0.1) is 11.3 Å². The molecule has 2 atom stereocenters. The number of aliphatic imine (C=N–C) groups is 1. The molecule has 0 radical (unpaired) electrons. The number of nitrogens with one attached hydrogen (secondary N) is 2. The van der Waals surface area contributed by atoms with Crippen molar-refractivity contribution in [2.24, 2.45) is 4.99 Å². The molecule has 0 aromatic carbocycles. The van der Waals surface area contributed by atoms with E-state index in [0.29, 0.717) is 12.1 Å². The quantitative estimate of drug-likeness (QED) is 0.475. The zero-order valence-corrected chi connectivity index (χ0v) is 19.4. The highest BCUT2D eigenvalue weighted by molar-refractivity contribution is 7.10. The molecule has 2 saturated heterocycles. The lowest BCUT2D eigenvalue weighted by molar-refractivity contribution is 0.109. The summed E-state index contributed by atoms with van der Waals surface area (Å²) in [7, 11) is 0. The zero-order valence-electron chi connectivity index (χ0n) is 18.6. The van der Waals surface area contributed by atoms with Gasteiger partial charge in [0.15, 0.2) is 5.96 Å². The van der Waals surface area contributed by atoms with Crippen molar-refractivity contribution in [1.29, 1.82) is 0 Å². The number of guanidine groups is 1. The largest absolute Gasteiger partial charge is 0.357 e. The summed E-state index contributed by atoms with van der Waals surface area (Å²) in [6, 6.07) is 5.37. The maximum Gasteiger partial charge on any atom is 0.191 e. The summed E-state index contributed by atoms with van der Waals surface area (Å²) in [5, 5.41) is 9.28. The highest BCUT2D eigenvalue weighted by Crippen LogP contribution is 2.27. The molecule has 2 unspecified atom stereocenters. The van der Waals surface area contributed by atoms with Gasteiger partial charge in [-0.3, -0.25) is 14.8 Å². The van der Waals surface area contributed by atoms with Crippen molar-refractivity contribution in [1.82, 2.24) is 25.3 Å². The third-order valence-corrected chi connectivity index (χ3v) is 7.22. The molecule has 0 bridgehead atoms. The van der Waals surface area contributed by atoms with Crippen LogP contribution in [0.15, 0.2) is 22.5 Å². The number of likely N-dealkylation sites (N-methyl/N-ethyl adjacent to an activating group) is 1. The normalized spacial score (nSPS) is 22.0. The first kappa shape index (κ1) is 22.5. The van der Waals surface area contributed by atoms with Crippen LogP contribution in [0.3, 0.4) is 0 Å². The summed E-state index contributed by atoms with van der Waals surface area (Å²) in [5.74, 6) is 0.951. The molecular weight excluding hydrogens is 380 g/mol. The molecule has 1 aromatic rings. The van der Waals surface area contributed by atoms with E-state index in [1.54, 1.807) is 0 Å². The fourth-order valence-corrected chi connectivity index (χ4v) is 5.20. The maximum absolute atomic E-state index is 4.93. The minimum atomic E-state index is 0.445. The lowest BCUT2D eigenvalue weighted by Gasteiger charge is -2.37. The lowest BCUT2D eigenvalue weighted by atomic mass is 10.2. The summed E-state index contributed by atoms with van der Waals surface area (Å²) >= 11 is 1.87. The monoisotopic (exact) mass is 420 g/mol. The van der Waals surface area contributed by atoms with Gasteiger partial charge in [-0.25, -0.2) is 0 Å². The molecule has 2 fully saturated rings. The van der Waals surface area contributed by atoms with Crippen molar-refractivity contribution in [3.63, 3.8) is 0 Å². The molecule has 1 aromatic heterocycles. The molecule has 29 heavy (non-hydrogen) atoms. The van der Waals surface area contributed by atoms with E-state index >= 15 is 0 Å². The van der Waals surface area contributed by atoms with Crippen molar-refractivity contribution >= 4 is 17.3 Å².